The van der Waals surface area contributed by atoms with Crippen LogP contribution in [0.25, 0.3) is 0 Å². The van der Waals surface area contributed by atoms with Crippen LogP contribution < -0.4 is 11.1 Å². The van der Waals surface area contributed by atoms with Crippen LogP contribution in [0.3, 0.4) is 0 Å². The Balaban J connectivity index is 1.81. The van der Waals surface area contributed by atoms with Crippen molar-refractivity contribution in [2.24, 2.45) is 0 Å². The Hall–Kier alpha value is -1.81. The number of rotatable bonds is 2. The van der Waals surface area contributed by atoms with Gasteiger partial charge < -0.3 is 11.1 Å². The van der Waals surface area contributed by atoms with E-state index in [0.29, 0.717) is 5.69 Å². The first kappa shape index (κ1) is 14.1. The molecule has 0 spiro atoms. The maximum atomic E-state index is 12.4. The SMILES string of the molecule is Cc1c(N)cccc1NC(=O)c1cc2c(s1)CCCCC2. The molecule has 0 atom stereocenters. The molecule has 0 aliphatic heterocycles. The molecule has 0 saturated heterocycles. The molecule has 0 radical (unpaired) electrons. The van der Waals surface area contributed by atoms with E-state index in [-0.39, 0.29) is 5.91 Å². The molecule has 4 heteroatoms. The van der Waals surface area contributed by atoms with Gasteiger partial charge in [-0.25, -0.2) is 0 Å². The van der Waals surface area contributed by atoms with Gasteiger partial charge in [0.1, 0.15) is 0 Å². The molecular weight excluding hydrogens is 280 g/mol. The van der Waals surface area contributed by atoms with Crippen LogP contribution in [0.2, 0.25) is 0 Å². The van der Waals surface area contributed by atoms with E-state index in [1.807, 2.05) is 25.1 Å². The highest BCUT2D eigenvalue weighted by Crippen LogP contribution is 2.30. The number of benzene rings is 1. The van der Waals surface area contributed by atoms with Crippen molar-refractivity contribution < 1.29 is 4.79 Å². The number of hydrogen-bond acceptors (Lipinski definition) is 3. The second kappa shape index (κ2) is 5.90. The summed E-state index contributed by atoms with van der Waals surface area (Å²) in [4.78, 5) is 14.6. The molecule has 1 aromatic carbocycles. The Kier molecular flexibility index (Phi) is 3.97. The highest BCUT2D eigenvalue weighted by atomic mass is 32.1. The van der Waals surface area contributed by atoms with E-state index in [0.717, 1.165) is 29.0 Å². The average molecular weight is 300 g/mol. The number of aryl methyl sites for hydroxylation is 2. The maximum absolute atomic E-state index is 12.4. The van der Waals surface area contributed by atoms with Gasteiger partial charge in [0.05, 0.1) is 4.88 Å². The minimum Gasteiger partial charge on any atom is -0.398 e. The first-order chi connectivity index (χ1) is 10.1. The topological polar surface area (TPSA) is 55.1 Å². The molecule has 1 aliphatic carbocycles. The Morgan fingerprint density at radius 2 is 2.05 bits per heavy atom. The monoisotopic (exact) mass is 300 g/mol. The second-order valence-corrected chi connectivity index (χ2v) is 6.73. The molecule has 110 valence electrons. The number of carbonyl (C=O) groups is 1. The summed E-state index contributed by atoms with van der Waals surface area (Å²) in [5, 5.41) is 2.98. The molecule has 1 aliphatic rings. The summed E-state index contributed by atoms with van der Waals surface area (Å²) in [6.07, 6.45) is 5.99. The van der Waals surface area contributed by atoms with E-state index in [4.69, 9.17) is 5.73 Å². The highest BCUT2D eigenvalue weighted by Gasteiger charge is 2.17. The molecule has 0 bridgehead atoms. The van der Waals surface area contributed by atoms with Crippen molar-refractivity contribution in [2.45, 2.75) is 39.0 Å². The fourth-order valence-electron chi connectivity index (χ4n) is 2.75. The summed E-state index contributed by atoms with van der Waals surface area (Å²) in [5.74, 6) is -0.0261. The number of hydrogen-bond donors (Lipinski definition) is 2. The third kappa shape index (κ3) is 2.95. The molecule has 3 rings (SSSR count). The van der Waals surface area contributed by atoms with Crippen LogP contribution in [-0.2, 0) is 12.8 Å². The lowest BCUT2D eigenvalue weighted by atomic mass is 10.1. The second-order valence-electron chi connectivity index (χ2n) is 5.59. The molecule has 0 saturated carbocycles. The molecule has 0 unspecified atom stereocenters. The number of fused-ring (bicyclic) bond motifs is 1. The molecule has 1 aromatic heterocycles. The van der Waals surface area contributed by atoms with Crippen molar-refractivity contribution in [3.63, 3.8) is 0 Å². The number of amides is 1. The van der Waals surface area contributed by atoms with Crippen LogP contribution in [0, 0.1) is 6.92 Å². The van der Waals surface area contributed by atoms with Gasteiger partial charge >= 0.3 is 0 Å². The van der Waals surface area contributed by atoms with E-state index in [1.54, 1.807) is 11.3 Å². The molecule has 2 aromatic rings. The fourth-order valence-corrected chi connectivity index (χ4v) is 3.90. The zero-order valence-corrected chi connectivity index (χ0v) is 13.1. The predicted octanol–water partition coefficient (Wildman–Crippen LogP) is 4.16. The lowest BCUT2D eigenvalue weighted by Crippen LogP contribution is -2.11. The van der Waals surface area contributed by atoms with Gasteiger partial charge in [0.15, 0.2) is 0 Å². The third-order valence-electron chi connectivity index (χ3n) is 4.09. The van der Waals surface area contributed by atoms with E-state index in [2.05, 4.69) is 11.4 Å². The summed E-state index contributed by atoms with van der Waals surface area (Å²) >= 11 is 1.64. The molecule has 0 fully saturated rings. The van der Waals surface area contributed by atoms with Crippen LogP contribution in [-0.4, -0.2) is 5.91 Å². The molecule has 1 heterocycles. The standard InChI is InChI=1S/C17H20N2OS/c1-11-13(18)7-5-8-14(11)19-17(20)16-10-12-6-3-2-4-9-15(12)21-16/h5,7-8,10H,2-4,6,9,18H2,1H3,(H,19,20). The van der Waals surface area contributed by atoms with Crippen molar-refractivity contribution in [3.8, 4) is 0 Å². The van der Waals surface area contributed by atoms with Crippen LogP contribution >= 0.6 is 11.3 Å². The molecule has 3 nitrogen and oxygen atoms in total. The number of thiophene rings is 1. The van der Waals surface area contributed by atoms with Crippen LogP contribution in [0.5, 0.6) is 0 Å². The Morgan fingerprint density at radius 1 is 1.24 bits per heavy atom. The molecule has 1 amide bonds. The van der Waals surface area contributed by atoms with E-state index < -0.39 is 0 Å². The number of nitrogens with two attached hydrogens (primary N) is 1. The summed E-state index contributed by atoms with van der Waals surface area (Å²) in [6, 6.07) is 7.67. The zero-order valence-electron chi connectivity index (χ0n) is 12.2. The van der Waals surface area contributed by atoms with Gasteiger partial charge in [-0.05, 0) is 61.9 Å². The average Bonchev–Trinajstić information content (AvgIpc) is 2.75. The number of nitrogen functional groups attached to an aromatic ring is 1. The van der Waals surface area contributed by atoms with Gasteiger partial charge in [0.25, 0.3) is 5.91 Å². The van der Waals surface area contributed by atoms with Crippen molar-refractivity contribution in [1.29, 1.82) is 0 Å². The van der Waals surface area contributed by atoms with Crippen molar-refractivity contribution in [1.82, 2.24) is 0 Å². The molecule has 3 N–H and O–H groups in total. The van der Waals surface area contributed by atoms with Crippen LogP contribution in [0.4, 0.5) is 11.4 Å². The first-order valence-electron chi connectivity index (χ1n) is 7.43. The van der Waals surface area contributed by atoms with Crippen LogP contribution in [0.1, 0.15) is 44.9 Å². The predicted molar refractivity (Wildman–Crippen MR) is 89.1 cm³/mol. The summed E-state index contributed by atoms with van der Waals surface area (Å²) in [5.41, 5.74) is 9.67. The van der Waals surface area contributed by atoms with E-state index in [9.17, 15) is 4.79 Å². The third-order valence-corrected chi connectivity index (χ3v) is 5.33. The van der Waals surface area contributed by atoms with Gasteiger partial charge in [-0.3, -0.25) is 4.79 Å². The lowest BCUT2D eigenvalue weighted by molar-refractivity contribution is 0.103. The Labute approximate surface area is 129 Å². The molecule has 21 heavy (non-hydrogen) atoms. The number of carbonyl (C=O) groups excluding carboxylic acids is 1. The largest absolute Gasteiger partial charge is 0.398 e. The zero-order chi connectivity index (χ0) is 14.8. The van der Waals surface area contributed by atoms with E-state index in [1.165, 1.54) is 29.7 Å². The van der Waals surface area contributed by atoms with Crippen LogP contribution in [0.15, 0.2) is 24.3 Å². The first-order valence-corrected chi connectivity index (χ1v) is 8.25. The summed E-state index contributed by atoms with van der Waals surface area (Å²) in [7, 11) is 0. The number of nitrogens with one attached hydrogen (secondary N) is 1. The summed E-state index contributed by atoms with van der Waals surface area (Å²) < 4.78 is 0. The van der Waals surface area contributed by atoms with Gasteiger partial charge in [-0.1, -0.05) is 12.5 Å². The minimum atomic E-state index is -0.0261. The van der Waals surface area contributed by atoms with Crippen molar-refractivity contribution in [2.75, 3.05) is 11.1 Å². The van der Waals surface area contributed by atoms with E-state index >= 15 is 0 Å². The van der Waals surface area contributed by atoms with Gasteiger partial charge in [0, 0.05) is 16.3 Å². The Bertz CT molecular complexity index is 652. The minimum absolute atomic E-state index is 0.0261. The van der Waals surface area contributed by atoms with Crippen molar-refractivity contribution in [3.05, 3.63) is 45.1 Å². The van der Waals surface area contributed by atoms with Gasteiger partial charge in [-0.2, -0.15) is 0 Å². The van der Waals surface area contributed by atoms with Gasteiger partial charge in [-0.15, -0.1) is 11.3 Å². The summed E-state index contributed by atoms with van der Waals surface area (Å²) in [6.45, 7) is 1.93. The maximum Gasteiger partial charge on any atom is 0.265 e. The normalized spacial score (nSPS) is 14.3. The van der Waals surface area contributed by atoms with Crippen molar-refractivity contribution >= 4 is 28.6 Å². The fraction of sp³-hybridized carbons (Fsp3) is 0.353. The quantitative estimate of drug-likeness (QED) is 0.646. The van der Waals surface area contributed by atoms with Gasteiger partial charge in [0.2, 0.25) is 0 Å². The Morgan fingerprint density at radius 3 is 2.90 bits per heavy atom. The lowest BCUT2D eigenvalue weighted by Gasteiger charge is -2.09. The number of anilines is 2. The molecular formula is C17H20N2OS. The highest BCUT2D eigenvalue weighted by molar-refractivity contribution is 7.14. The smallest absolute Gasteiger partial charge is 0.265 e.